The normalized spacial score (nSPS) is 22.9. The molecular formula is C9H18ClNO3S. The minimum Gasteiger partial charge on any atom is -0.378 e. The Kier molecular flexibility index (Phi) is 4.40. The molecule has 0 saturated carbocycles. The molecule has 1 aliphatic heterocycles. The Balaban J connectivity index is 2.37. The minimum absolute atomic E-state index is 0.00563. The Morgan fingerprint density at radius 1 is 1.47 bits per heavy atom. The van der Waals surface area contributed by atoms with Crippen molar-refractivity contribution in [3.05, 3.63) is 0 Å². The quantitative estimate of drug-likeness (QED) is 0.705. The zero-order chi connectivity index (χ0) is 11.5. The highest BCUT2D eigenvalue weighted by Gasteiger charge is 2.29. The van der Waals surface area contributed by atoms with E-state index in [1.165, 1.54) is 0 Å². The van der Waals surface area contributed by atoms with Gasteiger partial charge in [0.05, 0.1) is 19.0 Å². The second-order valence-electron chi connectivity index (χ2n) is 4.45. The lowest BCUT2D eigenvalue weighted by atomic mass is 10.0. The maximum atomic E-state index is 10.8. The van der Waals surface area contributed by atoms with E-state index in [1.54, 1.807) is 0 Å². The van der Waals surface area contributed by atoms with Gasteiger partial charge in [-0.3, -0.25) is 4.90 Å². The molecule has 0 radical (unpaired) electrons. The monoisotopic (exact) mass is 255 g/mol. The first kappa shape index (κ1) is 13.2. The first-order chi connectivity index (χ1) is 6.81. The van der Waals surface area contributed by atoms with E-state index < -0.39 is 9.05 Å². The van der Waals surface area contributed by atoms with Gasteiger partial charge in [-0.15, -0.1) is 0 Å². The minimum atomic E-state index is -3.35. The van der Waals surface area contributed by atoms with E-state index in [0.717, 1.165) is 19.7 Å². The van der Waals surface area contributed by atoms with Gasteiger partial charge in [-0.1, -0.05) is 0 Å². The number of morpholine rings is 1. The Morgan fingerprint density at radius 3 is 2.67 bits per heavy atom. The molecule has 0 spiro atoms. The lowest BCUT2D eigenvalue weighted by molar-refractivity contribution is -0.0505. The predicted molar refractivity (Wildman–Crippen MR) is 60.7 cm³/mol. The fraction of sp³-hybridized carbons (Fsp3) is 1.00. The van der Waals surface area contributed by atoms with Crippen LogP contribution in [0.5, 0.6) is 0 Å². The van der Waals surface area contributed by atoms with Crippen molar-refractivity contribution in [1.82, 2.24) is 4.90 Å². The molecule has 15 heavy (non-hydrogen) atoms. The van der Waals surface area contributed by atoms with Crippen LogP contribution >= 0.6 is 10.7 Å². The standard InChI is InChI=1S/C9H18ClNO3S/c1-9(2)8-14-6-5-11(9)4-3-7-15(10,12)13/h3-8H2,1-2H3. The number of hydrogen-bond donors (Lipinski definition) is 0. The highest BCUT2D eigenvalue weighted by molar-refractivity contribution is 8.13. The summed E-state index contributed by atoms with van der Waals surface area (Å²) in [6, 6.07) is 0. The third-order valence-corrected chi connectivity index (χ3v) is 3.87. The van der Waals surface area contributed by atoms with E-state index in [9.17, 15) is 8.42 Å². The lowest BCUT2D eigenvalue weighted by Crippen LogP contribution is -2.53. The third-order valence-electron chi connectivity index (χ3n) is 2.63. The number of halogens is 1. The Bertz CT molecular complexity index is 302. The summed E-state index contributed by atoms with van der Waals surface area (Å²) in [5, 5.41) is 0. The van der Waals surface area contributed by atoms with Gasteiger partial charge >= 0.3 is 0 Å². The van der Waals surface area contributed by atoms with Crippen LogP contribution in [-0.2, 0) is 13.8 Å². The molecule has 1 heterocycles. The zero-order valence-electron chi connectivity index (χ0n) is 9.20. The molecule has 90 valence electrons. The van der Waals surface area contributed by atoms with Crippen LogP contribution in [0.15, 0.2) is 0 Å². The van der Waals surface area contributed by atoms with Crippen LogP contribution in [0.25, 0.3) is 0 Å². The first-order valence-corrected chi connectivity index (χ1v) is 7.54. The van der Waals surface area contributed by atoms with Crippen LogP contribution in [0.2, 0.25) is 0 Å². The highest BCUT2D eigenvalue weighted by atomic mass is 35.7. The Hall–Kier alpha value is 0.160. The SMILES string of the molecule is CC1(C)COCCN1CCCS(=O)(=O)Cl. The second-order valence-corrected chi connectivity index (χ2v) is 7.35. The number of nitrogens with zero attached hydrogens (tertiary/aromatic N) is 1. The smallest absolute Gasteiger partial charge is 0.232 e. The summed E-state index contributed by atoms with van der Waals surface area (Å²) in [7, 11) is 1.80. The van der Waals surface area contributed by atoms with E-state index >= 15 is 0 Å². The summed E-state index contributed by atoms with van der Waals surface area (Å²) in [4.78, 5) is 2.25. The van der Waals surface area contributed by atoms with Crippen molar-refractivity contribution in [2.24, 2.45) is 0 Å². The van der Waals surface area contributed by atoms with Crippen LogP contribution < -0.4 is 0 Å². The van der Waals surface area contributed by atoms with Gasteiger partial charge in [0.25, 0.3) is 0 Å². The van der Waals surface area contributed by atoms with Gasteiger partial charge in [-0.25, -0.2) is 8.42 Å². The van der Waals surface area contributed by atoms with Gasteiger partial charge in [0, 0.05) is 22.8 Å². The molecule has 0 aliphatic carbocycles. The van der Waals surface area contributed by atoms with E-state index in [0.29, 0.717) is 13.0 Å². The molecule has 0 bridgehead atoms. The molecule has 0 aromatic carbocycles. The van der Waals surface area contributed by atoms with Gasteiger partial charge in [0.1, 0.15) is 0 Å². The molecule has 1 aliphatic rings. The van der Waals surface area contributed by atoms with Gasteiger partial charge in [0.15, 0.2) is 0 Å². The van der Waals surface area contributed by atoms with Crippen LogP contribution in [0, 0.1) is 0 Å². The van der Waals surface area contributed by atoms with E-state index in [-0.39, 0.29) is 11.3 Å². The average Bonchev–Trinajstić information content (AvgIpc) is 2.05. The molecule has 0 unspecified atom stereocenters. The summed E-state index contributed by atoms with van der Waals surface area (Å²) >= 11 is 0. The number of rotatable bonds is 4. The summed E-state index contributed by atoms with van der Waals surface area (Å²) in [5.74, 6) is 0.0436. The third kappa shape index (κ3) is 4.68. The number of hydrogen-bond acceptors (Lipinski definition) is 4. The fourth-order valence-corrected chi connectivity index (χ4v) is 2.53. The van der Waals surface area contributed by atoms with Crippen LogP contribution in [0.3, 0.4) is 0 Å². The second kappa shape index (κ2) is 4.99. The molecule has 1 fully saturated rings. The summed E-state index contributed by atoms with van der Waals surface area (Å²) in [6.07, 6.45) is 0.579. The summed E-state index contributed by atoms with van der Waals surface area (Å²) in [6.45, 7) is 7.22. The maximum absolute atomic E-state index is 10.8. The number of ether oxygens (including phenoxy) is 1. The van der Waals surface area contributed by atoms with Gasteiger partial charge < -0.3 is 4.74 Å². The van der Waals surface area contributed by atoms with Gasteiger partial charge in [-0.2, -0.15) is 0 Å². The zero-order valence-corrected chi connectivity index (χ0v) is 10.8. The van der Waals surface area contributed by atoms with E-state index in [1.807, 2.05) is 0 Å². The highest BCUT2D eigenvalue weighted by Crippen LogP contribution is 2.19. The largest absolute Gasteiger partial charge is 0.378 e. The van der Waals surface area contributed by atoms with Crippen molar-refractivity contribution in [1.29, 1.82) is 0 Å². The molecule has 0 aromatic rings. The molecule has 1 saturated heterocycles. The van der Waals surface area contributed by atoms with Crippen molar-refractivity contribution in [2.75, 3.05) is 32.1 Å². The summed E-state index contributed by atoms with van der Waals surface area (Å²) < 4.78 is 26.9. The van der Waals surface area contributed by atoms with Crippen molar-refractivity contribution in [3.63, 3.8) is 0 Å². The molecule has 0 amide bonds. The predicted octanol–water partition coefficient (Wildman–Crippen LogP) is 1.06. The van der Waals surface area contributed by atoms with E-state index in [4.69, 9.17) is 15.4 Å². The average molecular weight is 256 g/mol. The van der Waals surface area contributed by atoms with Gasteiger partial charge in [0.2, 0.25) is 9.05 Å². The van der Waals surface area contributed by atoms with E-state index in [2.05, 4.69) is 18.7 Å². The van der Waals surface area contributed by atoms with Crippen molar-refractivity contribution >= 4 is 19.7 Å². The van der Waals surface area contributed by atoms with Crippen LogP contribution in [-0.4, -0.2) is 50.9 Å². The van der Waals surface area contributed by atoms with Crippen molar-refractivity contribution in [2.45, 2.75) is 25.8 Å². The van der Waals surface area contributed by atoms with Crippen molar-refractivity contribution in [3.8, 4) is 0 Å². The molecule has 4 nitrogen and oxygen atoms in total. The fourth-order valence-electron chi connectivity index (χ4n) is 1.73. The van der Waals surface area contributed by atoms with Crippen LogP contribution in [0.4, 0.5) is 0 Å². The molecule has 0 aromatic heterocycles. The van der Waals surface area contributed by atoms with Crippen molar-refractivity contribution < 1.29 is 13.2 Å². The molecule has 1 rings (SSSR count). The molecular weight excluding hydrogens is 238 g/mol. The topological polar surface area (TPSA) is 46.6 Å². The molecule has 6 heteroatoms. The lowest BCUT2D eigenvalue weighted by Gasteiger charge is -2.42. The maximum Gasteiger partial charge on any atom is 0.232 e. The Morgan fingerprint density at radius 2 is 2.13 bits per heavy atom. The summed E-state index contributed by atoms with van der Waals surface area (Å²) in [5.41, 5.74) is -0.00563. The van der Waals surface area contributed by atoms with Gasteiger partial charge in [-0.05, 0) is 26.8 Å². The van der Waals surface area contributed by atoms with Crippen LogP contribution in [0.1, 0.15) is 20.3 Å². The molecule has 0 N–H and O–H groups in total. The Labute approximate surface area is 96.0 Å². The first-order valence-electron chi connectivity index (χ1n) is 5.06. The molecule has 0 atom stereocenters.